The summed E-state index contributed by atoms with van der Waals surface area (Å²) in [5.41, 5.74) is 0.116. The summed E-state index contributed by atoms with van der Waals surface area (Å²) in [6.45, 7) is 5.25. The van der Waals surface area contributed by atoms with Crippen molar-refractivity contribution in [2.75, 3.05) is 0 Å². The lowest BCUT2D eigenvalue weighted by molar-refractivity contribution is 0.0402. The molecular weight excluding hydrogens is 200 g/mol. The fraction of sp³-hybridized carbons (Fsp3) is 0.769. The molecule has 0 radical (unpaired) electrons. The van der Waals surface area contributed by atoms with Crippen molar-refractivity contribution in [1.82, 2.24) is 9.55 Å². The zero-order valence-corrected chi connectivity index (χ0v) is 10.3. The number of aromatic nitrogens is 2. The van der Waals surface area contributed by atoms with Gasteiger partial charge in [-0.3, -0.25) is 0 Å². The van der Waals surface area contributed by atoms with Crippen LogP contribution in [0.3, 0.4) is 0 Å². The number of nitrogens with zero attached hydrogens (tertiary/aromatic N) is 2. The Balaban J connectivity index is 2.04. The molecule has 1 saturated carbocycles. The summed E-state index contributed by atoms with van der Waals surface area (Å²) in [6.07, 6.45) is 9.08. The molecule has 1 N–H and O–H groups in total. The lowest BCUT2D eigenvalue weighted by atomic mass is 9.81. The van der Waals surface area contributed by atoms with E-state index in [1.54, 1.807) is 0 Å². The number of aryl methyl sites for hydroxylation is 1. The van der Waals surface area contributed by atoms with E-state index < -0.39 is 0 Å². The largest absolute Gasteiger partial charge is 0.392 e. The van der Waals surface area contributed by atoms with Crippen LogP contribution in [0.4, 0.5) is 0 Å². The van der Waals surface area contributed by atoms with Gasteiger partial charge in [0.05, 0.1) is 6.10 Å². The molecule has 1 fully saturated rings. The van der Waals surface area contributed by atoms with Crippen molar-refractivity contribution in [3.63, 3.8) is 0 Å². The number of hydrogen-bond donors (Lipinski definition) is 1. The Morgan fingerprint density at radius 2 is 2.19 bits per heavy atom. The van der Waals surface area contributed by atoms with Gasteiger partial charge in [0, 0.05) is 25.4 Å². The maximum Gasteiger partial charge on any atom is 0.111 e. The molecule has 90 valence electrons. The molecule has 0 bridgehead atoms. The van der Waals surface area contributed by atoms with Crippen molar-refractivity contribution < 1.29 is 5.11 Å². The average molecular weight is 222 g/mol. The highest BCUT2D eigenvalue weighted by Gasteiger charge is 2.36. The van der Waals surface area contributed by atoms with E-state index in [1.807, 2.05) is 12.4 Å². The summed E-state index contributed by atoms with van der Waals surface area (Å²) < 4.78 is 2.11. The molecule has 1 aliphatic rings. The van der Waals surface area contributed by atoms with E-state index in [1.165, 1.54) is 12.8 Å². The molecule has 0 saturated heterocycles. The standard InChI is InChI=1S/C13H22N2O/c1-3-15-9-8-14-12(15)10-11(16)13(2)6-4-5-7-13/h8-9,11,16H,3-7,10H2,1-2H3. The van der Waals surface area contributed by atoms with E-state index in [0.717, 1.165) is 25.2 Å². The van der Waals surface area contributed by atoms with Gasteiger partial charge in [-0.2, -0.15) is 0 Å². The van der Waals surface area contributed by atoms with E-state index in [-0.39, 0.29) is 11.5 Å². The molecule has 1 aliphatic carbocycles. The predicted molar refractivity (Wildman–Crippen MR) is 64.2 cm³/mol. The van der Waals surface area contributed by atoms with Gasteiger partial charge in [-0.05, 0) is 25.2 Å². The topological polar surface area (TPSA) is 38.0 Å². The van der Waals surface area contributed by atoms with Crippen molar-refractivity contribution in [2.45, 2.75) is 58.6 Å². The lowest BCUT2D eigenvalue weighted by Crippen LogP contribution is -2.32. The average Bonchev–Trinajstić information content (AvgIpc) is 2.87. The minimum atomic E-state index is -0.248. The maximum atomic E-state index is 10.3. The van der Waals surface area contributed by atoms with Crippen LogP contribution in [0, 0.1) is 5.41 Å². The van der Waals surface area contributed by atoms with Gasteiger partial charge in [-0.15, -0.1) is 0 Å². The smallest absolute Gasteiger partial charge is 0.111 e. The Hall–Kier alpha value is -0.830. The first-order valence-corrected chi connectivity index (χ1v) is 6.34. The van der Waals surface area contributed by atoms with E-state index in [2.05, 4.69) is 23.4 Å². The van der Waals surface area contributed by atoms with Crippen LogP contribution in [-0.2, 0) is 13.0 Å². The molecule has 1 unspecified atom stereocenters. The molecule has 3 nitrogen and oxygen atoms in total. The minimum Gasteiger partial charge on any atom is -0.392 e. The summed E-state index contributed by atoms with van der Waals surface area (Å²) in [6, 6.07) is 0. The SMILES string of the molecule is CCn1ccnc1CC(O)C1(C)CCCC1. The first kappa shape index (κ1) is 11.6. The molecule has 1 aromatic heterocycles. The van der Waals surface area contributed by atoms with Crippen molar-refractivity contribution in [3.05, 3.63) is 18.2 Å². The van der Waals surface area contributed by atoms with E-state index in [0.29, 0.717) is 6.42 Å². The third-order valence-electron chi connectivity index (χ3n) is 4.07. The van der Waals surface area contributed by atoms with E-state index >= 15 is 0 Å². The molecule has 0 aliphatic heterocycles. The molecule has 1 heterocycles. The Morgan fingerprint density at radius 3 is 2.81 bits per heavy atom. The summed E-state index contributed by atoms with van der Waals surface area (Å²) in [5, 5.41) is 10.3. The predicted octanol–water partition coefficient (Wildman–Crippen LogP) is 2.39. The third kappa shape index (κ3) is 2.14. The Morgan fingerprint density at radius 1 is 1.50 bits per heavy atom. The quantitative estimate of drug-likeness (QED) is 0.849. The zero-order chi connectivity index (χ0) is 11.6. The zero-order valence-electron chi connectivity index (χ0n) is 10.3. The normalized spacial score (nSPS) is 21.2. The molecule has 16 heavy (non-hydrogen) atoms. The van der Waals surface area contributed by atoms with Crippen LogP contribution in [0.15, 0.2) is 12.4 Å². The molecule has 2 rings (SSSR count). The van der Waals surface area contributed by atoms with Crippen molar-refractivity contribution in [1.29, 1.82) is 0 Å². The molecule has 0 amide bonds. The second-order valence-electron chi connectivity index (χ2n) is 5.21. The molecular formula is C13H22N2O. The fourth-order valence-electron chi connectivity index (χ4n) is 2.75. The Bertz CT molecular complexity index is 339. The van der Waals surface area contributed by atoms with Crippen molar-refractivity contribution >= 4 is 0 Å². The van der Waals surface area contributed by atoms with Crippen LogP contribution in [0.2, 0.25) is 0 Å². The van der Waals surface area contributed by atoms with Gasteiger partial charge in [0.2, 0.25) is 0 Å². The van der Waals surface area contributed by atoms with Crippen LogP contribution < -0.4 is 0 Å². The summed E-state index contributed by atoms with van der Waals surface area (Å²) >= 11 is 0. The number of aliphatic hydroxyl groups is 1. The maximum absolute atomic E-state index is 10.3. The van der Waals surface area contributed by atoms with Crippen LogP contribution in [0.5, 0.6) is 0 Å². The van der Waals surface area contributed by atoms with Crippen LogP contribution >= 0.6 is 0 Å². The monoisotopic (exact) mass is 222 g/mol. The second-order valence-corrected chi connectivity index (χ2v) is 5.21. The van der Waals surface area contributed by atoms with Gasteiger partial charge in [0.1, 0.15) is 5.82 Å². The Labute approximate surface area is 97.5 Å². The molecule has 1 aromatic rings. The van der Waals surface area contributed by atoms with E-state index in [9.17, 15) is 5.11 Å². The second kappa shape index (κ2) is 4.58. The first-order chi connectivity index (χ1) is 7.65. The minimum absolute atomic E-state index is 0.116. The molecule has 1 atom stereocenters. The number of imidazole rings is 1. The number of hydrogen-bond acceptors (Lipinski definition) is 2. The summed E-state index contributed by atoms with van der Waals surface area (Å²) in [4.78, 5) is 4.33. The number of aliphatic hydroxyl groups excluding tert-OH is 1. The highest BCUT2D eigenvalue weighted by Crippen LogP contribution is 2.41. The first-order valence-electron chi connectivity index (χ1n) is 6.34. The highest BCUT2D eigenvalue weighted by molar-refractivity contribution is 4.98. The van der Waals surface area contributed by atoms with Gasteiger partial charge >= 0.3 is 0 Å². The van der Waals surface area contributed by atoms with Gasteiger partial charge in [0.25, 0.3) is 0 Å². The van der Waals surface area contributed by atoms with E-state index in [4.69, 9.17) is 0 Å². The van der Waals surface area contributed by atoms with Gasteiger partial charge in [-0.1, -0.05) is 19.8 Å². The van der Waals surface area contributed by atoms with Crippen LogP contribution in [0.25, 0.3) is 0 Å². The van der Waals surface area contributed by atoms with Crippen LogP contribution in [0.1, 0.15) is 45.4 Å². The van der Waals surface area contributed by atoms with Gasteiger partial charge in [-0.25, -0.2) is 4.98 Å². The van der Waals surface area contributed by atoms with Crippen molar-refractivity contribution in [3.8, 4) is 0 Å². The Kier molecular flexibility index (Phi) is 3.33. The molecule has 3 heteroatoms. The van der Waals surface area contributed by atoms with Crippen molar-refractivity contribution in [2.24, 2.45) is 5.41 Å². The molecule has 0 spiro atoms. The number of rotatable bonds is 4. The van der Waals surface area contributed by atoms with Crippen LogP contribution in [-0.4, -0.2) is 20.8 Å². The molecule has 0 aromatic carbocycles. The van der Waals surface area contributed by atoms with Gasteiger partial charge in [0.15, 0.2) is 0 Å². The summed E-state index contributed by atoms with van der Waals surface area (Å²) in [5.74, 6) is 1.02. The lowest BCUT2D eigenvalue weighted by Gasteiger charge is -2.29. The third-order valence-corrected chi connectivity index (χ3v) is 4.07. The fourth-order valence-corrected chi connectivity index (χ4v) is 2.75. The summed E-state index contributed by atoms with van der Waals surface area (Å²) in [7, 11) is 0. The highest BCUT2D eigenvalue weighted by atomic mass is 16.3. The van der Waals surface area contributed by atoms with Gasteiger partial charge < -0.3 is 9.67 Å².